The van der Waals surface area contributed by atoms with Gasteiger partial charge in [-0.05, 0) is 37.1 Å². The van der Waals surface area contributed by atoms with Gasteiger partial charge < -0.3 is 15.7 Å². The number of phenolic OH excluding ortho intramolecular Hbond substituents is 1. The van der Waals surface area contributed by atoms with Crippen molar-refractivity contribution in [3.05, 3.63) is 42.0 Å². The Labute approximate surface area is 167 Å². The van der Waals surface area contributed by atoms with Crippen LogP contribution in [0, 0.1) is 0 Å². The Kier molecular flexibility index (Phi) is 11.3. The predicted molar refractivity (Wildman–Crippen MR) is 110 cm³/mol. The summed E-state index contributed by atoms with van der Waals surface area (Å²) in [4.78, 5) is 35.7. The molecule has 0 radical (unpaired) electrons. The van der Waals surface area contributed by atoms with Crippen molar-refractivity contribution in [2.45, 2.75) is 64.8 Å². The molecule has 0 bridgehead atoms. The van der Waals surface area contributed by atoms with Crippen LogP contribution in [0.25, 0.3) is 0 Å². The molecule has 0 fully saturated rings. The quantitative estimate of drug-likeness (QED) is 0.357. The van der Waals surface area contributed by atoms with Gasteiger partial charge in [-0.25, -0.2) is 0 Å². The van der Waals surface area contributed by atoms with Crippen molar-refractivity contribution in [2.24, 2.45) is 0 Å². The Morgan fingerprint density at radius 1 is 1.07 bits per heavy atom. The van der Waals surface area contributed by atoms with E-state index in [1.165, 1.54) is 19.4 Å². The molecule has 0 aliphatic rings. The van der Waals surface area contributed by atoms with Crippen LogP contribution in [0.15, 0.2) is 36.4 Å². The molecule has 1 aromatic carbocycles. The lowest BCUT2D eigenvalue weighted by Gasteiger charge is -2.18. The van der Waals surface area contributed by atoms with Crippen LogP contribution in [0.5, 0.6) is 5.75 Å². The first-order valence-corrected chi connectivity index (χ1v) is 9.94. The van der Waals surface area contributed by atoms with Gasteiger partial charge in [-0.15, -0.1) is 0 Å². The lowest BCUT2D eigenvalue weighted by atomic mass is 10.0. The summed E-state index contributed by atoms with van der Waals surface area (Å²) in [6, 6.07) is 5.84. The number of carbonyl (C=O) groups is 3. The number of hydrogen-bond acceptors (Lipinski definition) is 4. The number of hydrogen-bond donors (Lipinski definition) is 3. The monoisotopic (exact) mass is 388 g/mol. The average molecular weight is 389 g/mol. The van der Waals surface area contributed by atoms with E-state index in [1.54, 1.807) is 30.3 Å². The van der Waals surface area contributed by atoms with Crippen molar-refractivity contribution in [1.29, 1.82) is 0 Å². The molecule has 0 aromatic heterocycles. The zero-order chi connectivity index (χ0) is 20.8. The standard InChI is InChI=1S/C22H32N2O4/c1-3-4-5-6-7-10-21(27)24-20(16-18-11-13-19(26)14-12-18)22(28)23-15-8-9-17(2)25/h8-9,11-14,20,26H,3-7,10,15-16H2,1-2H3,(H,23,28)(H,24,27)/b9-8+/t20-/m0/s1. The van der Waals surface area contributed by atoms with Crippen molar-refractivity contribution < 1.29 is 19.5 Å². The number of unbranched alkanes of at least 4 members (excludes halogenated alkanes) is 4. The number of allylic oxidation sites excluding steroid dienone is 1. The van der Waals surface area contributed by atoms with E-state index in [9.17, 15) is 19.5 Å². The van der Waals surface area contributed by atoms with Crippen LogP contribution in [-0.2, 0) is 20.8 Å². The smallest absolute Gasteiger partial charge is 0.243 e. The molecule has 1 atom stereocenters. The van der Waals surface area contributed by atoms with E-state index in [-0.39, 0.29) is 29.9 Å². The van der Waals surface area contributed by atoms with Crippen LogP contribution >= 0.6 is 0 Å². The van der Waals surface area contributed by atoms with E-state index in [0.717, 1.165) is 31.2 Å². The normalized spacial score (nSPS) is 11.9. The Morgan fingerprint density at radius 3 is 2.39 bits per heavy atom. The van der Waals surface area contributed by atoms with E-state index >= 15 is 0 Å². The van der Waals surface area contributed by atoms with Gasteiger partial charge in [0.1, 0.15) is 11.8 Å². The number of phenols is 1. The van der Waals surface area contributed by atoms with Gasteiger partial charge in [0.15, 0.2) is 5.78 Å². The predicted octanol–water partition coefficient (Wildman–Crippen LogP) is 3.04. The first-order chi connectivity index (χ1) is 13.4. The molecular formula is C22H32N2O4. The zero-order valence-electron chi connectivity index (χ0n) is 16.9. The van der Waals surface area contributed by atoms with Crippen LogP contribution in [0.2, 0.25) is 0 Å². The summed E-state index contributed by atoms with van der Waals surface area (Å²) in [5, 5.41) is 14.9. The largest absolute Gasteiger partial charge is 0.508 e. The summed E-state index contributed by atoms with van der Waals surface area (Å²) in [6.45, 7) is 3.80. The minimum absolute atomic E-state index is 0.0914. The molecule has 3 N–H and O–H groups in total. The van der Waals surface area contributed by atoms with Crippen molar-refractivity contribution >= 4 is 17.6 Å². The molecule has 0 unspecified atom stereocenters. The van der Waals surface area contributed by atoms with Gasteiger partial charge >= 0.3 is 0 Å². The number of benzene rings is 1. The fourth-order valence-electron chi connectivity index (χ4n) is 2.74. The molecule has 1 aromatic rings. The van der Waals surface area contributed by atoms with Crippen LogP contribution in [0.4, 0.5) is 0 Å². The molecule has 0 aliphatic carbocycles. The molecule has 6 heteroatoms. The molecule has 28 heavy (non-hydrogen) atoms. The van der Waals surface area contributed by atoms with E-state index in [4.69, 9.17) is 0 Å². The number of rotatable bonds is 13. The zero-order valence-corrected chi connectivity index (χ0v) is 16.9. The third-order valence-electron chi connectivity index (χ3n) is 4.28. The summed E-state index contributed by atoms with van der Waals surface area (Å²) < 4.78 is 0. The summed E-state index contributed by atoms with van der Waals surface area (Å²) in [6.07, 6.45) is 8.94. The molecule has 0 saturated carbocycles. The van der Waals surface area contributed by atoms with E-state index < -0.39 is 6.04 Å². The molecule has 0 spiro atoms. The fourth-order valence-corrected chi connectivity index (χ4v) is 2.74. The topological polar surface area (TPSA) is 95.5 Å². The Morgan fingerprint density at radius 2 is 1.75 bits per heavy atom. The van der Waals surface area contributed by atoms with Crippen molar-refractivity contribution in [3.8, 4) is 5.75 Å². The minimum atomic E-state index is -0.710. The van der Waals surface area contributed by atoms with Gasteiger partial charge in [0, 0.05) is 19.4 Å². The highest BCUT2D eigenvalue weighted by atomic mass is 16.3. The second-order valence-electron chi connectivity index (χ2n) is 6.91. The SMILES string of the molecule is CCCCCCCC(=O)N[C@@H](Cc1ccc(O)cc1)C(=O)NC/C=C/C(C)=O. The van der Waals surface area contributed by atoms with Crippen LogP contribution in [0.3, 0.4) is 0 Å². The summed E-state index contributed by atoms with van der Waals surface area (Å²) in [5.41, 5.74) is 0.834. The molecule has 2 amide bonds. The third-order valence-corrected chi connectivity index (χ3v) is 4.28. The number of carbonyl (C=O) groups excluding carboxylic acids is 3. The average Bonchev–Trinajstić information content (AvgIpc) is 2.66. The van der Waals surface area contributed by atoms with Gasteiger partial charge in [-0.2, -0.15) is 0 Å². The van der Waals surface area contributed by atoms with Gasteiger partial charge in [0.05, 0.1) is 0 Å². The highest BCUT2D eigenvalue weighted by Crippen LogP contribution is 2.12. The first kappa shape index (κ1) is 23.4. The molecule has 0 aliphatic heterocycles. The van der Waals surface area contributed by atoms with Gasteiger partial charge in [-0.1, -0.05) is 50.8 Å². The lowest BCUT2D eigenvalue weighted by Crippen LogP contribution is -2.48. The number of aromatic hydroxyl groups is 1. The van der Waals surface area contributed by atoms with Crippen molar-refractivity contribution in [2.75, 3.05) is 6.54 Å². The fraction of sp³-hybridized carbons (Fsp3) is 0.500. The number of ketones is 1. The maximum atomic E-state index is 12.5. The highest BCUT2D eigenvalue weighted by molar-refractivity contribution is 5.89. The molecular weight excluding hydrogens is 356 g/mol. The lowest BCUT2D eigenvalue weighted by molar-refractivity contribution is -0.128. The van der Waals surface area contributed by atoms with Crippen LogP contribution in [0.1, 0.15) is 57.9 Å². The minimum Gasteiger partial charge on any atom is -0.508 e. The second-order valence-corrected chi connectivity index (χ2v) is 6.91. The highest BCUT2D eigenvalue weighted by Gasteiger charge is 2.20. The number of amides is 2. The summed E-state index contributed by atoms with van der Waals surface area (Å²) >= 11 is 0. The third kappa shape index (κ3) is 10.5. The van der Waals surface area contributed by atoms with Crippen LogP contribution in [-0.4, -0.2) is 35.3 Å². The first-order valence-electron chi connectivity index (χ1n) is 9.94. The van der Waals surface area contributed by atoms with E-state index in [2.05, 4.69) is 17.6 Å². The van der Waals surface area contributed by atoms with Gasteiger partial charge in [0.2, 0.25) is 11.8 Å². The Bertz CT molecular complexity index is 653. The maximum Gasteiger partial charge on any atom is 0.243 e. The van der Waals surface area contributed by atoms with E-state index in [0.29, 0.717) is 12.8 Å². The Balaban J connectivity index is 2.63. The second kappa shape index (κ2) is 13.5. The maximum absolute atomic E-state index is 12.5. The molecule has 154 valence electrons. The van der Waals surface area contributed by atoms with Crippen LogP contribution < -0.4 is 10.6 Å². The Hall–Kier alpha value is -2.63. The molecule has 6 nitrogen and oxygen atoms in total. The van der Waals surface area contributed by atoms with E-state index in [1.807, 2.05) is 0 Å². The number of nitrogens with one attached hydrogen (secondary N) is 2. The summed E-state index contributed by atoms with van der Waals surface area (Å²) in [5.74, 6) is -0.392. The van der Waals surface area contributed by atoms with Crippen molar-refractivity contribution in [1.82, 2.24) is 10.6 Å². The summed E-state index contributed by atoms with van der Waals surface area (Å²) in [7, 11) is 0. The van der Waals surface area contributed by atoms with Crippen molar-refractivity contribution in [3.63, 3.8) is 0 Å². The molecule has 0 saturated heterocycles. The van der Waals surface area contributed by atoms with Gasteiger partial charge in [0.25, 0.3) is 0 Å². The van der Waals surface area contributed by atoms with Gasteiger partial charge in [-0.3, -0.25) is 14.4 Å². The molecule has 0 heterocycles. The molecule has 1 rings (SSSR count).